The van der Waals surface area contributed by atoms with E-state index < -0.39 is 0 Å². The zero-order chi connectivity index (χ0) is 42.6. The summed E-state index contributed by atoms with van der Waals surface area (Å²) >= 11 is 1.81. The van der Waals surface area contributed by atoms with Gasteiger partial charge in [0.05, 0.1) is 16.7 Å². The second kappa shape index (κ2) is 14.0. The molecule has 0 aliphatic carbocycles. The highest BCUT2D eigenvalue weighted by Crippen LogP contribution is 2.43. The summed E-state index contributed by atoms with van der Waals surface area (Å²) in [7, 11) is 0. The number of fused-ring (bicyclic) bond motifs is 12. The van der Waals surface area contributed by atoms with Gasteiger partial charge in [-0.25, -0.2) is 15.0 Å². The lowest BCUT2D eigenvalue weighted by atomic mass is 10.0. The first kappa shape index (κ1) is 36.1. The van der Waals surface area contributed by atoms with E-state index in [1.165, 1.54) is 41.7 Å². The highest BCUT2D eigenvalue weighted by atomic mass is 32.1. The first-order chi connectivity index (χ1) is 32.2. The third-order valence-corrected chi connectivity index (χ3v) is 14.2. The Kier molecular flexibility index (Phi) is 7.79. The molecule has 65 heavy (non-hydrogen) atoms. The first-order valence-electron chi connectivity index (χ1n) is 21.8. The second-order valence-electron chi connectivity index (χ2n) is 16.8. The lowest BCUT2D eigenvalue weighted by Crippen LogP contribution is -2.04. The molecule has 0 saturated heterocycles. The monoisotopic (exact) mass is 846 g/mol. The van der Waals surface area contributed by atoms with Crippen molar-refractivity contribution in [1.82, 2.24) is 19.5 Å². The van der Waals surface area contributed by atoms with Crippen molar-refractivity contribution in [2.45, 2.75) is 0 Å². The minimum atomic E-state index is 0.573. The predicted molar refractivity (Wildman–Crippen MR) is 271 cm³/mol. The van der Waals surface area contributed by atoms with Crippen LogP contribution in [0, 0.1) is 0 Å². The summed E-state index contributed by atoms with van der Waals surface area (Å²) in [6, 6.07) is 73.3. The number of rotatable bonds is 5. The number of aromatic nitrogens is 4. The van der Waals surface area contributed by atoms with Crippen LogP contribution in [0.3, 0.4) is 0 Å². The van der Waals surface area contributed by atoms with Gasteiger partial charge in [-0.3, -0.25) is 0 Å². The maximum atomic E-state index is 6.93. The molecular weight excluding hydrogens is 813 g/mol. The molecule has 0 radical (unpaired) electrons. The van der Waals surface area contributed by atoms with Crippen LogP contribution >= 0.6 is 11.3 Å². The van der Waals surface area contributed by atoms with Crippen molar-refractivity contribution in [3.05, 3.63) is 206 Å². The summed E-state index contributed by atoms with van der Waals surface area (Å²) in [5, 5.41) is 11.4. The summed E-state index contributed by atoms with van der Waals surface area (Å²) in [5.74, 6) is 1.78. The average molecular weight is 847 g/mol. The van der Waals surface area contributed by atoms with E-state index in [1.54, 1.807) is 11.3 Å². The van der Waals surface area contributed by atoms with E-state index in [-0.39, 0.29) is 0 Å². The van der Waals surface area contributed by atoms with Crippen LogP contribution in [-0.2, 0) is 0 Å². The molecule has 6 heteroatoms. The Morgan fingerprint density at radius 3 is 1.88 bits per heavy atom. The second-order valence-corrected chi connectivity index (χ2v) is 17.8. The van der Waals surface area contributed by atoms with Crippen molar-refractivity contribution in [2.24, 2.45) is 0 Å². The van der Waals surface area contributed by atoms with Crippen molar-refractivity contribution >= 4 is 96.8 Å². The molecule has 0 bridgehead atoms. The zero-order valence-electron chi connectivity index (χ0n) is 34.7. The Hall–Kier alpha value is -8.45. The van der Waals surface area contributed by atoms with Gasteiger partial charge in [-0.05, 0) is 87.9 Å². The average Bonchev–Trinajstić information content (AvgIpc) is 4.04. The lowest BCUT2D eigenvalue weighted by Gasteiger charge is -2.15. The van der Waals surface area contributed by atoms with E-state index in [2.05, 4.69) is 205 Å². The molecule has 0 amide bonds. The van der Waals surface area contributed by atoms with Crippen LogP contribution in [0.25, 0.3) is 136 Å². The van der Waals surface area contributed by atoms with Gasteiger partial charge in [0.1, 0.15) is 11.2 Å². The van der Waals surface area contributed by atoms with Crippen molar-refractivity contribution < 1.29 is 4.42 Å². The molecule has 10 aromatic carbocycles. The van der Waals surface area contributed by atoms with Crippen LogP contribution < -0.4 is 0 Å². The third kappa shape index (κ3) is 5.67. The molecule has 302 valence electrons. The Labute approximate surface area is 376 Å². The van der Waals surface area contributed by atoms with E-state index in [0.717, 1.165) is 77.2 Å². The van der Waals surface area contributed by atoms with Gasteiger partial charge in [0.15, 0.2) is 17.5 Å². The minimum absolute atomic E-state index is 0.573. The molecular formula is C59H34N4OS. The van der Waals surface area contributed by atoms with Gasteiger partial charge in [0.25, 0.3) is 0 Å². The van der Waals surface area contributed by atoms with Gasteiger partial charge in [-0.15, -0.1) is 11.3 Å². The Morgan fingerprint density at radius 1 is 0.354 bits per heavy atom. The van der Waals surface area contributed by atoms with E-state index >= 15 is 0 Å². The molecule has 4 heterocycles. The van der Waals surface area contributed by atoms with Crippen molar-refractivity contribution in [3.63, 3.8) is 0 Å². The molecule has 0 aliphatic heterocycles. The Bertz CT molecular complexity index is 4260. The maximum absolute atomic E-state index is 6.93. The smallest absolute Gasteiger partial charge is 0.166 e. The summed E-state index contributed by atoms with van der Waals surface area (Å²) < 4.78 is 11.8. The number of para-hydroxylation sites is 1. The fourth-order valence-electron chi connectivity index (χ4n) is 9.91. The van der Waals surface area contributed by atoms with E-state index in [4.69, 9.17) is 19.4 Å². The summed E-state index contributed by atoms with van der Waals surface area (Å²) in [4.78, 5) is 16.3. The van der Waals surface area contributed by atoms with Gasteiger partial charge in [-0.2, -0.15) is 0 Å². The normalized spacial score (nSPS) is 12.0. The van der Waals surface area contributed by atoms with Crippen LogP contribution in [0.2, 0.25) is 0 Å². The molecule has 0 fully saturated rings. The molecule has 0 spiro atoms. The lowest BCUT2D eigenvalue weighted by molar-refractivity contribution is 0.672. The summed E-state index contributed by atoms with van der Waals surface area (Å²) in [5.41, 5.74) is 9.67. The maximum Gasteiger partial charge on any atom is 0.166 e. The minimum Gasteiger partial charge on any atom is -0.455 e. The predicted octanol–water partition coefficient (Wildman–Crippen LogP) is 16.2. The SMILES string of the molecule is c1ccc(-c2cccc(-c3nc(-c4ccc5sc6ccccc6c5c4)nc(-c4cc5c(cc4-n4c6ccccc6c6cc7ccccc7cc64)oc4c6ccccc6ccc54)n3)c2)cc1. The quantitative estimate of drug-likeness (QED) is 0.173. The Balaban J connectivity index is 1.10. The molecule has 0 saturated carbocycles. The van der Waals surface area contributed by atoms with E-state index in [9.17, 15) is 0 Å². The highest BCUT2D eigenvalue weighted by Gasteiger charge is 2.23. The molecule has 4 aromatic heterocycles. The Morgan fingerprint density at radius 2 is 1.02 bits per heavy atom. The van der Waals surface area contributed by atoms with Gasteiger partial charge < -0.3 is 8.98 Å². The van der Waals surface area contributed by atoms with Gasteiger partial charge in [-0.1, -0.05) is 140 Å². The van der Waals surface area contributed by atoms with Crippen LogP contribution in [0.4, 0.5) is 0 Å². The topological polar surface area (TPSA) is 56.7 Å². The highest BCUT2D eigenvalue weighted by molar-refractivity contribution is 7.25. The molecule has 0 atom stereocenters. The van der Waals surface area contributed by atoms with Crippen LogP contribution in [0.5, 0.6) is 0 Å². The number of furan rings is 1. The van der Waals surface area contributed by atoms with E-state index in [1.807, 2.05) is 6.07 Å². The van der Waals surface area contributed by atoms with Crippen molar-refractivity contribution in [2.75, 3.05) is 0 Å². The fraction of sp³-hybridized carbons (Fsp3) is 0. The van der Waals surface area contributed by atoms with Crippen LogP contribution in [-0.4, -0.2) is 19.5 Å². The molecule has 0 N–H and O–H groups in total. The molecule has 14 rings (SSSR count). The number of hydrogen-bond acceptors (Lipinski definition) is 5. The summed E-state index contributed by atoms with van der Waals surface area (Å²) in [6.07, 6.45) is 0. The fourth-order valence-corrected chi connectivity index (χ4v) is 11.0. The van der Waals surface area contributed by atoms with Crippen LogP contribution in [0.1, 0.15) is 0 Å². The first-order valence-corrected chi connectivity index (χ1v) is 22.6. The third-order valence-electron chi connectivity index (χ3n) is 13.0. The molecule has 14 aromatic rings. The summed E-state index contributed by atoms with van der Waals surface area (Å²) in [6.45, 7) is 0. The molecule has 0 aliphatic rings. The standard InChI is InChI=1S/C59H34N4OS/c1-2-13-35(14-3-1)37-18-12-19-40(29-37)57-60-58(41-26-28-55-48(31-41)44-22-9-11-24-54(44)65-55)62-59(61-57)49-33-47-45-27-25-36-15-6-7-20-42(36)56(45)64-53(47)34-52(49)63-50-23-10-8-21-43(50)46-30-38-16-4-5-17-39(38)32-51(46)63/h1-34H. The number of hydrogen-bond donors (Lipinski definition) is 0. The van der Waals surface area contributed by atoms with E-state index in [0.29, 0.717) is 17.5 Å². The number of nitrogens with zero attached hydrogens (tertiary/aromatic N) is 4. The zero-order valence-corrected chi connectivity index (χ0v) is 35.6. The van der Waals surface area contributed by atoms with Crippen molar-refractivity contribution in [3.8, 4) is 51.0 Å². The number of thiophene rings is 1. The van der Waals surface area contributed by atoms with Gasteiger partial charge in [0, 0.05) is 69.9 Å². The molecule has 0 unspecified atom stereocenters. The number of benzene rings is 10. The van der Waals surface area contributed by atoms with Crippen LogP contribution in [0.15, 0.2) is 211 Å². The van der Waals surface area contributed by atoms with Crippen molar-refractivity contribution in [1.29, 1.82) is 0 Å². The van der Waals surface area contributed by atoms with Gasteiger partial charge in [0.2, 0.25) is 0 Å². The largest absolute Gasteiger partial charge is 0.455 e. The van der Waals surface area contributed by atoms with Gasteiger partial charge >= 0.3 is 0 Å². The molecule has 5 nitrogen and oxygen atoms in total.